The molecule has 0 bridgehead atoms. The van der Waals surface area contributed by atoms with Gasteiger partial charge in [0, 0.05) is 0 Å². The van der Waals surface area contributed by atoms with E-state index in [0.29, 0.717) is 5.92 Å². The van der Waals surface area contributed by atoms with Crippen molar-refractivity contribution in [3.63, 3.8) is 0 Å². The number of nitrogens with one attached hydrogen (secondary N) is 2. The van der Waals surface area contributed by atoms with Gasteiger partial charge in [-0.25, -0.2) is 10.4 Å². The number of aromatic amines is 1. The Hall–Kier alpha value is -0.940. The monoisotopic (exact) mass is 223 g/mol. The third kappa shape index (κ3) is 2.41. The van der Waals surface area contributed by atoms with Gasteiger partial charge in [0.05, 0.1) is 6.04 Å². The van der Waals surface area contributed by atoms with Crippen molar-refractivity contribution < 1.29 is 0 Å². The summed E-state index contributed by atoms with van der Waals surface area (Å²) >= 11 is 0. The molecule has 1 saturated carbocycles. The van der Waals surface area contributed by atoms with Gasteiger partial charge in [0.2, 0.25) is 0 Å². The van der Waals surface area contributed by atoms with Crippen LogP contribution in [-0.2, 0) is 0 Å². The summed E-state index contributed by atoms with van der Waals surface area (Å²) in [6.45, 7) is 2.28. The van der Waals surface area contributed by atoms with Crippen LogP contribution in [0.4, 0.5) is 0 Å². The number of rotatable bonds is 4. The molecule has 16 heavy (non-hydrogen) atoms. The second kappa shape index (κ2) is 5.41. The molecule has 0 amide bonds. The molecule has 1 aromatic heterocycles. The van der Waals surface area contributed by atoms with E-state index >= 15 is 0 Å². The Morgan fingerprint density at radius 3 is 2.75 bits per heavy atom. The van der Waals surface area contributed by atoms with Gasteiger partial charge in [-0.05, 0) is 24.7 Å². The highest BCUT2D eigenvalue weighted by Crippen LogP contribution is 2.36. The minimum atomic E-state index is 0.125. The second-order valence-corrected chi connectivity index (χ2v) is 4.70. The zero-order valence-electron chi connectivity index (χ0n) is 9.82. The Labute approximate surface area is 96.2 Å². The van der Waals surface area contributed by atoms with E-state index in [1.807, 2.05) is 0 Å². The molecular weight excluding hydrogens is 202 g/mol. The van der Waals surface area contributed by atoms with E-state index in [4.69, 9.17) is 5.84 Å². The van der Waals surface area contributed by atoms with E-state index in [2.05, 4.69) is 27.5 Å². The molecule has 1 aromatic rings. The number of hydrogen-bond donors (Lipinski definition) is 3. The molecule has 1 heterocycles. The van der Waals surface area contributed by atoms with Crippen molar-refractivity contribution in [3.8, 4) is 0 Å². The minimum Gasteiger partial charge on any atom is -0.271 e. The molecule has 4 N–H and O–H groups in total. The molecule has 1 unspecified atom stereocenters. The Bertz CT molecular complexity index is 289. The Kier molecular flexibility index (Phi) is 3.90. The fraction of sp³-hybridized carbons (Fsp3) is 0.818. The van der Waals surface area contributed by atoms with Gasteiger partial charge < -0.3 is 0 Å². The van der Waals surface area contributed by atoms with E-state index in [9.17, 15) is 0 Å². The van der Waals surface area contributed by atoms with Crippen molar-refractivity contribution in [1.82, 2.24) is 20.6 Å². The van der Waals surface area contributed by atoms with Crippen LogP contribution in [-0.4, -0.2) is 15.2 Å². The third-order valence-corrected chi connectivity index (χ3v) is 3.85. The normalized spacial score (nSPS) is 27.9. The highest BCUT2D eigenvalue weighted by Gasteiger charge is 2.28. The topological polar surface area (TPSA) is 79.6 Å². The number of hydrogen-bond acceptors (Lipinski definition) is 4. The summed E-state index contributed by atoms with van der Waals surface area (Å²) in [6, 6.07) is 0.125. The minimum absolute atomic E-state index is 0.125. The maximum absolute atomic E-state index is 5.62. The number of H-pyrrole nitrogens is 1. The first-order valence-electron chi connectivity index (χ1n) is 6.16. The van der Waals surface area contributed by atoms with E-state index in [-0.39, 0.29) is 6.04 Å². The number of nitrogens with two attached hydrogens (primary N) is 1. The fourth-order valence-electron chi connectivity index (χ4n) is 2.73. The van der Waals surface area contributed by atoms with Crippen LogP contribution >= 0.6 is 0 Å². The summed E-state index contributed by atoms with van der Waals surface area (Å²) in [5, 5.41) is 6.79. The quantitative estimate of drug-likeness (QED) is 0.534. The molecule has 1 aliphatic carbocycles. The summed E-state index contributed by atoms with van der Waals surface area (Å²) in [7, 11) is 0. The zero-order valence-corrected chi connectivity index (χ0v) is 9.82. The van der Waals surface area contributed by atoms with Crippen LogP contribution < -0.4 is 11.3 Å². The molecule has 0 spiro atoms. The Morgan fingerprint density at radius 2 is 2.25 bits per heavy atom. The molecule has 90 valence electrons. The molecule has 2 rings (SSSR count). The van der Waals surface area contributed by atoms with E-state index in [1.54, 1.807) is 0 Å². The van der Waals surface area contributed by atoms with Crippen LogP contribution in [0.25, 0.3) is 0 Å². The van der Waals surface area contributed by atoms with E-state index in [1.165, 1.54) is 38.4 Å². The van der Waals surface area contributed by atoms with Crippen LogP contribution in [0.2, 0.25) is 0 Å². The summed E-state index contributed by atoms with van der Waals surface area (Å²) in [5.41, 5.74) is 2.87. The van der Waals surface area contributed by atoms with Crippen molar-refractivity contribution in [2.45, 2.75) is 45.1 Å². The molecule has 5 nitrogen and oxygen atoms in total. The zero-order chi connectivity index (χ0) is 11.4. The van der Waals surface area contributed by atoms with E-state index in [0.717, 1.165) is 11.7 Å². The SMILES string of the molecule is CCC1CCC(C(NN)c2ncn[nH]2)CC1. The molecule has 5 heteroatoms. The maximum Gasteiger partial charge on any atom is 0.143 e. The van der Waals surface area contributed by atoms with Gasteiger partial charge in [-0.1, -0.05) is 26.2 Å². The lowest BCUT2D eigenvalue weighted by Crippen LogP contribution is -2.36. The van der Waals surface area contributed by atoms with Gasteiger partial charge in [-0.15, -0.1) is 0 Å². The molecule has 1 fully saturated rings. The summed E-state index contributed by atoms with van der Waals surface area (Å²) in [4.78, 5) is 4.19. The average Bonchev–Trinajstić information content (AvgIpc) is 2.85. The summed E-state index contributed by atoms with van der Waals surface area (Å²) in [6.07, 6.45) is 7.93. The fourth-order valence-corrected chi connectivity index (χ4v) is 2.73. The third-order valence-electron chi connectivity index (χ3n) is 3.85. The molecule has 0 aromatic carbocycles. The average molecular weight is 223 g/mol. The van der Waals surface area contributed by atoms with Gasteiger partial charge in [0.15, 0.2) is 0 Å². The standard InChI is InChI=1S/C11H21N5/c1-2-8-3-5-9(6-4-8)10(15-12)11-13-7-14-16-11/h7-10,15H,2-6,12H2,1H3,(H,13,14,16). The number of aromatic nitrogens is 3. The first-order chi connectivity index (χ1) is 7.85. The first-order valence-corrected chi connectivity index (χ1v) is 6.16. The predicted octanol–water partition coefficient (Wildman–Crippen LogP) is 1.53. The largest absolute Gasteiger partial charge is 0.271 e. The van der Waals surface area contributed by atoms with Crippen LogP contribution in [0.1, 0.15) is 50.9 Å². The highest BCUT2D eigenvalue weighted by molar-refractivity contribution is 4.95. The number of nitrogens with zero attached hydrogens (tertiary/aromatic N) is 2. The lowest BCUT2D eigenvalue weighted by Gasteiger charge is -2.32. The van der Waals surface area contributed by atoms with Gasteiger partial charge in [-0.3, -0.25) is 10.9 Å². The Morgan fingerprint density at radius 1 is 1.50 bits per heavy atom. The van der Waals surface area contributed by atoms with Crippen LogP contribution in [0.3, 0.4) is 0 Å². The second-order valence-electron chi connectivity index (χ2n) is 4.70. The van der Waals surface area contributed by atoms with Gasteiger partial charge in [0.1, 0.15) is 12.2 Å². The van der Waals surface area contributed by atoms with Gasteiger partial charge in [-0.2, -0.15) is 5.10 Å². The smallest absolute Gasteiger partial charge is 0.143 e. The van der Waals surface area contributed by atoms with Crippen LogP contribution in [0, 0.1) is 11.8 Å². The summed E-state index contributed by atoms with van der Waals surface area (Å²) < 4.78 is 0. The molecular formula is C11H21N5. The van der Waals surface area contributed by atoms with Gasteiger partial charge >= 0.3 is 0 Å². The predicted molar refractivity (Wildman–Crippen MR) is 62.2 cm³/mol. The first kappa shape index (κ1) is 11.5. The maximum atomic E-state index is 5.62. The summed E-state index contributed by atoms with van der Waals surface area (Å²) in [5.74, 6) is 7.98. The molecule has 0 saturated heterocycles. The van der Waals surface area contributed by atoms with Crippen molar-refractivity contribution in [1.29, 1.82) is 0 Å². The van der Waals surface area contributed by atoms with E-state index < -0.39 is 0 Å². The van der Waals surface area contributed by atoms with Crippen molar-refractivity contribution in [2.24, 2.45) is 17.7 Å². The number of hydrazine groups is 1. The van der Waals surface area contributed by atoms with Crippen molar-refractivity contribution in [3.05, 3.63) is 12.2 Å². The highest BCUT2D eigenvalue weighted by atomic mass is 15.3. The van der Waals surface area contributed by atoms with Crippen LogP contribution in [0.5, 0.6) is 0 Å². The van der Waals surface area contributed by atoms with Gasteiger partial charge in [0.25, 0.3) is 0 Å². The lowest BCUT2D eigenvalue weighted by atomic mass is 9.77. The van der Waals surface area contributed by atoms with Crippen LogP contribution in [0.15, 0.2) is 6.33 Å². The van der Waals surface area contributed by atoms with Crippen molar-refractivity contribution in [2.75, 3.05) is 0 Å². The molecule has 0 radical (unpaired) electrons. The Balaban J connectivity index is 1.96. The molecule has 1 aliphatic rings. The molecule has 0 aliphatic heterocycles. The lowest BCUT2D eigenvalue weighted by molar-refractivity contribution is 0.214. The molecule has 1 atom stereocenters. The van der Waals surface area contributed by atoms with Crippen molar-refractivity contribution >= 4 is 0 Å².